The molecule has 18 heavy (non-hydrogen) atoms. The maximum absolute atomic E-state index is 10.1. The molecule has 3 rings (SSSR count). The molecule has 3 heteroatoms. The Kier molecular flexibility index (Phi) is 3.10. The first-order chi connectivity index (χ1) is 8.75. The molecule has 0 radical (unpaired) electrons. The molecule has 2 atom stereocenters. The number of hydrogen-bond acceptors (Lipinski definition) is 2. The summed E-state index contributed by atoms with van der Waals surface area (Å²) in [6.45, 7) is 3.83. The summed E-state index contributed by atoms with van der Waals surface area (Å²) in [6.07, 6.45) is 10.4. The van der Waals surface area contributed by atoms with E-state index in [1.54, 1.807) is 0 Å². The Morgan fingerprint density at radius 3 is 3.06 bits per heavy atom. The van der Waals surface area contributed by atoms with E-state index >= 15 is 0 Å². The summed E-state index contributed by atoms with van der Waals surface area (Å²) < 4.78 is 0. The van der Waals surface area contributed by atoms with E-state index in [1.807, 2.05) is 0 Å². The SMILES string of the molecule is CC1=CC=c2c(C3CCNCC3O)c[nH]c2=CC1. The third-order valence-corrected chi connectivity index (χ3v) is 4.00. The Morgan fingerprint density at radius 1 is 1.33 bits per heavy atom. The van der Waals surface area contributed by atoms with Gasteiger partial charge in [0.1, 0.15) is 0 Å². The van der Waals surface area contributed by atoms with Crippen LogP contribution < -0.4 is 15.9 Å². The normalized spacial score (nSPS) is 27.6. The van der Waals surface area contributed by atoms with Gasteiger partial charge in [-0.05, 0) is 31.9 Å². The molecule has 3 N–H and O–H groups in total. The summed E-state index contributed by atoms with van der Waals surface area (Å²) in [5.41, 5.74) is 2.64. The van der Waals surface area contributed by atoms with Gasteiger partial charge >= 0.3 is 0 Å². The van der Waals surface area contributed by atoms with E-state index in [4.69, 9.17) is 0 Å². The second kappa shape index (κ2) is 4.75. The fourth-order valence-corrected chi connectivity index (χ4v) is 2.89. The van der Waals surface area contributed by atoms with Crippen molar-refractivity contribution in [3.8, 4) is 0 Å². The topological polar surface area (TPSA) is 48.0 Å². The first-order valence-electron chi connectivity index (χ1n) is 6.69. The molecule has 3 nitrogen and oxygen atoms in total. The number of piperidine rings is 1. The number of nitrogens with one attached hydrogen (secondary N) is 2. The summed E-state index contributed by atoms with van der Waals surface area (Å²) in [5, 5.41) is 15.8. The monoisotopic (exact) mass is 244 g/mol. The molecular formula is C15H20N2O. The first kappa shape index (κ1) is 11.8. The van der Waals surface area contributed by atoms with Crippen LogP contribution in [0.5, 0.6) is 0 Å². The Morgan fingerprint density at radius 2 is 2.22 bits per heavy atom. The molecule has 1 saturated heterocycles. The van der Waals surface area contributed by atoms with E-state index < -0.39 is 0 Å². The zero-order valence-corrected chi connectivity index (χ0v) is 10.7. The van der Waals surface area contributed by atoms with Crippen molar-refractivity contribution in [2.45, 2.75) is 31.8 Å². The van der Waals surface area contributed by atoms with Crippen molar-refractivity contribution in [3.05, 3.63) is 34.0 Å². The highest BCUT2D eigenvalue weighted by Crippen LogP contribution is 2.22. The standard InChI is InChI=1S/C15H20N2O/c1-10-2-4-11-13(8-17-14(11)5-3-10)12-6-7-16-9-15(12)18/h2,4-5,8,12,15-18H,3,6-7,9H2,1H3. The van der Waals surface area contributed by atoms with Crippen molar-refractivity contribution in [1.82, 2.24) is 10.3 Å². The highest BCUT2D eigenvalue weighted by molar-refractivity contribution is 5.48. The van der Waals surface area contributed by atoms with Crippen LogP contribution in [0.3, 0.4) is 0 Å². The molecule has 1 aliphatic heterocycles. The molecule has 1 aromatic rings. The first-order valence-corrected chi connectivity index (χ1v) is 6.69. The summed E-state index contributed by atoms with van der Waals surface area (Å²) in [7, 11) is 0. The summed E-state index contributed by atoms with van der Waals surface area (Å²) >= 11 is 0. The van der Waals surface area contributed by atoms with Gasteiger partial charge in [0, 0.05) is 29.2 Å². The zero-order valence-electron chi connectivity index (χ0n) is 10.7. The van der Waals surface area contributed by atoms with Crippen LogP contribution in [0.25, 0.3) is 12.2 Å². The van der Waals surface area contributed by atoms with Gasteiger partial charge in [-0.2, -0.15) is 0 Å². The van der Waals surface area contributed by atoms with E-state index in [-0.39, 0.29) is 12.0 Å². The number of aromatic nitrogens is 1. The predicted molar refractivity (Wildman–Crippen MR) is 73.6 cm³/mol. The molecule has 0 aromatic carbocycles. The molecule has 2 heterocycles. The van der Waals surface area contributed by atoms with Gasteiger partial charge < -0.3 is 15.4 Å². The minimum atomic E-state index is -0.277. The van der Waals surface area contributed by atoms with E-state index in [0.29, 0.717) is 6.54 Å². The number of hydrogen-bond donors (Lipinski definition) is 3. The van der Waals surface area contributed by atoms with Gasteiger partial charge in [0.15, 0.2) is 0 Å². The van der Waals surface area contributed by atoms with Crippen LogP contribution >= 0.6 is 0 Å². The number of aliphatic hydroxyl groups excluding tert-OH is 1. The molecule has 0 bridgehead atoms. The number of β-amino-alcohol motifs (C(OH)–C–C–N with tert-alkyl or cyclic N) is 1. The van der Waals surface area contributed by atoms with Crippen LogP contribution in [-0.2, 0) is 0 Å². The van der Waals surface area contributed by atoms with Crippen LogP contribution in [0, 0.1) is 0 Å². The predicted octanol–water partition coefficient (Wildman–Crippen LogP) is 0.363. The maximum atomic E-state index is 10.1. The lowest BCUT2D eigenvalue weighted by molar-refractivity contribution is 0.118. The third kappa shape index (κ3) is 2.04. The van der Waals surface area contributed by atoms with Crippen molar-refractivity contribution in [3.63, 3.8) is 0 Å². The highest BCUT2D eigenvalue weighted by Gasteiger charge is 2.25. The molecule has 1 fully saturated rings. The molecule has 96 valence electrons. The van der Waals surface area contributed by atoms with Crippen molar-refractivity contribution in [2.24, 2.45) is 0 Å². The quantitative estimate of drug-likeness (QED) is 0.668. The van der Waals surface area contributed by atoms with Crippen LogP contribution in [0.4, 0.5) is 0 Å². The molecule has 0 amide bonds. The number of rotatable bonds is 1. The Hall–Kier alpha value is -1.32. The van der Waals surface area contributed by atoms with Crippen molar-refractivity contribution in [1.29, 1.82) is 0 Å². The molecule has 0 spiro atoms. The van der Waals surface area contributed by atoms with Crippen molar-refractivity contribution in [2.75, 3.05) is 13.1 Å². The summed E-state index contributed by atoms with van der Waals surface area (Å²) in [5.74, 6) is 0.253. The Balaban J connectivity index is 2.07. The van der Waals surface area contributed by atoms with Crippen LogP contribution in [0.15, 0.2) is 17.8 Å². The highest BCUT2D eigenvalue weighted by atomic mass is 16.3. The van der Waals surface area contributed by atoms with Gasteiger partial charge in [0.25, 0.3) is 0 Å². The smallest absolute Gasteiger partial charge is 0.0734 e. The number of aliphatic hydroxyl groups is 1. The third-order valence-electron chi connectivity index (χ3n) is 4.00. The minimum absolute atomic E-state index is 0.253. The minimum Gasteiger partial charge on any atom is -0.391 e. The molecular weight excluding hydrogens is 224 g/mol. The largest absolute Gasteiger partial charge is 0.391 e. The number of H-pyrrole nitrogens is 1. The van der Waals surface area contributed by atoms with E-state index in [1.165, 1.54) is 21.7 Å². The van der Waals surface area contributed by atoms with Gasteiger partial charge in [-0.15, -0.1) is 0 Å². The zero-order chi connectivity index (χ0) is 12.5. The average Bonchev–Trinajstić information content (AvgIpc) is 2.68. The van der Waals surface area contributed by atoms with Gasteiger partial charge in [0.05, 0.1) is 6.10 Å². The summed E-state index contributed by atoms with van der Waals surface area (Å²) in [6, 6.07) is 0. The molecule has 0 saturated carbocycles. The molecule has 2 aliphatic rings. The summed E-state index contributed by atoms with van der Waals surface area (Å²) in [4.78, 5) is 3.35. The van der Waals surface area contributed by atoms with Gasteiger partial charge in [-0.25, -0.2) is 0 Å². The fourth-order valence-electron chi connectivity index (χ4n) is 2.89. The number of aromatic amines is 1. The van der Waals surface area contributed by atoms with E-state index in [0.717, 1.165) is 19.4 Å². The van der Waals surface area contributed by atoms with Crippen LogP contribution in [0.1, 0.15) is 31.2 Å². The Bertz CT molecular complexity index is 582. The second-order valence-corrected chi connectivity index (χ2v) is 5.33. The Labute approximate surface area is 107 Å². The average molecular weight is 244 g/mol. The van der Waals surface area contributed by atoms with E-state index in [2.05, 4.69) is 41.6 Å². The van der Waals surface area contributed by atoms with Crippen LogP contribution in [-0.4, -0.2) is 29.3 Å². The van der Waals surface area contributed by atoms with Gasteiger partial charge in [-0.1, -0.05) is 23.8 Å². The molecule has 1 aromatic heterocycles. The van der Waals surface area contributed by atoms with Crippen LogP contribution in [0.2, 0.25) is 0 Å². The lowest BCUT2D eigenvalue weighted by Gasteiger charge is -2.27. The number of fused-ring (bicyclic) bond motifs is 1. The lowest BCUT2D eigenvalue weighted by atomic mass is 9.88. The van der Waals surface area contributed by atoms with Crippen molar-refractivity contribution < 1.29 is 5.11 Å². The van der Waals surface area contributed by atoms with E-state index in [9.17, 15) is 5.11 Å². The number of allylic oxidation sites excluding steroid dienone is 2. The van der Waals surface area contributed by atoms with Crippen molar-refractivity contribution >= 4 is 12.2 Å². The lowest BCUT2D eigenvalue weighted by Crippen LogP contribution is -2.41. The molecule has 2 unspecified atom stereocenters. The van der Waals surface area contributed by atoms with Gasteiger partial charge in [0.2, 0.25) is 0 Å². The molecule has 1 aliphatic carbocycles. The fraction of sp³-hybridized carbons (Fsp3) is 0.467. The second-order valence-electron chi connectivity index (χ2n) is 5.33. The maximum Gasteiger partial charge on any atom is 0.0734 e. The van der Waals surface area contributed by atoms with Gasteiger partial charge in [-0.3, -0.25) is 0 Å².